The number of thiocarbonyl (C=S) groups is 1. The molecule has 17 heavy (non-hydrogen) atoms. The average molecular weight is 260 g/mol. The summed E-state index contributed by atoms with van der Waals surface area (Å²) in [6.45, 7) is 5.41. The molecule has 1 atom stereocenters. The van der Waals surface area contributed by atoms with Gasteiger partial charge in [-0.05, 0) is 12.3 Å². The lowest BCUT2D eigenvalue weighted by Gasteiger charge is -2.29. The van der Waals surface area contributed by atoms with Gasteiger partial charge in [-0.3, -0.25) is 4.79 Å². The monoisotopic (exact) mass is 260 g/mol. The van der Waals surface area contributed by atoms with E-state index in [0.717, 1.165) is 0 Å². The quantitative estimate of drug-likeness (QED) is 0.562. The molecule has 0 saturated heterocycles. The molecule has 0 fully saturated rings. The summed E-state index contributed by atoms with van der Waals surface area (Å²) in [4.78, 5) is 24.7. The summed E-state index contributed by atoms with van der Waals surface area (Å²) in [7, 11) is 1.30. The second-order valence-electron chi connectivity index (χ2n) is 4.28. The van der Waals surface area contributed by atoms with Gasteiger partial charge in [0, 0.05) is 6.92 Å². The Kier molecular flexibility index (Phi) is 6.72. The minimum atomic E-state index is -0.626. The van der Waals surface area contributed by atoms with E-state index in [9.17, 15) is 9.59 Å². The van der Waals surface area contributed by atoms with E-state index < -0.39 is 12.0 Å². The minimum Gasteiger partial charge on any atom is -0.467 e. The molecule has 0 aliphatic heterocycles. The second kappa shape index (κ2) is 7.21. The van der Waals surface area contributed by atoms with Crippen LogP contribution in [-0.4, -0.2) is 41.5 Å². The molecule has 0 spiro atoms. The third-order valence-corrected chi connectivity index (χ3v) is 2.40. The predicted octanol–water partition coefficient (Wildman–Crippen LogP) is 0.709. The Bertz CT molecular complexity index is 305. The molecule has 5 nitrogen and oxygen atoms in total. The van der Waals surface area contributed by atoms with E-state index in [2.05, 4.69) is 0 Å². The van der Waals surface area contributed by atoms with Crippen LogP contribution < -0.4 is 5.73 Å². The van der Waals surface area contributed by atoms with E-state index >= 15 is 0 Å². The Morgan fingerprint density at radius 2 is 1.94 bits per heavy atom. The number of methoxy groups -OCH3 is 1. The van der Waals surface area contributed by atoms with Crippen molar-refractivity contribution in [1.29, 1.82) is 0 Å². The first kappa shape index (κ1) is 15.8. The molecule has 0 aromatic heterocycles. The highest BCUT2D eigenvalue weighted by Crippen LogP contribution is 2.13. The van der Waals surface area contributed by atoms with Gasteiger partial charge in [0.05, 0.1) is 18.6 Å². The highest BCUT2D eigenvalue weighted by Gasteiger charge is 2.29. The maximum absolute atomic E-state index is 11.7. The summed E-state index contributed by atoms with van der Waals surface area (Å²) in [6.07, 6.45) is 0.523. The minimum absolute atomic E-state index is 0.0944. The molecule has 0 bridgehead atoms. The van der Waals surface area contributed by atoms with Gasteiger partial charge in [0.1, 0.15) is 6.04 Å². The van der Waals surface area contributed by atoms with Gasteiger partial charge in [-0.2, -0.15) is 0 Å². The molecule has 0 radical (unpaired) electrons. The van der Waals surface area contributed by atoms with Gasteiger partial charge in [-0.1, -0.05) is 26.1 Å². The molecule has 0 aliphatic rings. The number of amides is 1. The maximum atomic E-state index is 11.7. The van der Waals surface area contributed by atoms with Crippen molar-refractivity contribution in [2.75, 3.05) is 13.7 Å². The second-order valence-corrected chi connectivity index (χ2v) is 4.81. The summed E-state index contributed by atoms with van der Waals surface area (Å²) >= 11 is 4.78. The Morgan fingerprint density at radius 3 is 2.24 bits per heavy atom. The summed E-state index contributed by atoms with van der Waals surface area (Å²) < 4.78 is 4.71. The lowest BCUT2D eigenvalue weighted by Crippen LogP contribution is -2.48. The fraction of sp³-hybridized carbons (Fsp3) is 0.727. The van der Waals surface area contributed by atoms with Gasteiger partial charge < -0.3 is 15.4 Å². The van der Waals surface area contributed by atoms with Crippen LogP contribution >= 0.6 is 12.2 Å². The first-order valence-electron chi connectivity index (χ1n) is 5.42. The molecule has 0 unspecified atom stereocenters. The van der Waals surface area contributed by atoms with Crippen molar-refractivity contribution in [3.63, 3.8) is 0 Å². The van der Waals surface area contributed by atoms with Crippen LogP contribution in [0.5, 0.6) is 0 Å². The predicted molar refractivity (Wildman–Crippen MR) is 69.4 cm³/mol. The third-order valence-electron chi connectivity index (χ3n) is 2.27. The van der Waals surface area contributed by atoms with Crippen molar-refractivity contribution in [2.45, 2.75) is 33.2 Å². The normalized spacial score (nSPS) is 12.1. The standard InChI is InChI=1S/C11H20N2O3S/c1-7(2)5-9(11(15)16-4)13(8(3)14)6-10(12)17/h7,9H,5-6H2,1-4H3,(H2,12,17)/t9-/m0/s1. The fourth-order valence-corrected chi connectivity index (χ4v) is 1.68. The Balaban J connectivity index is 4.99. The summed E-state index contributed by atoms with van der Waals surface area (Å²) in [6, 6.07) is -0.626. The molecule has 0 aromatic carbocycles. The lowest BCUT2D eigenvalue weighted by molar-refractivity contribution is -0.152. The summed E-state index contributed by atoms with van der Waals surface area (Å²) in [5.41, 5.74) is 5.43. The molecule has 2 N–H and O–H groups in total. The molecule has 0 saturated carbocycles. The summed E-state index contributed by atoms with van der Waals surface area (Å²) in [5.74, 6) is -0.425. The van der Waals surface area contributed by atoms with Crippen LogP contribution in [0.1, 0.15) is 27.2 Å². The molecule has 1 amide bonds. The first-order valence-corrected chi connectivity index (χ1v) is 5.83. The van der Waals surface area contributed by atoms with Crippen molar-refractivity contribution < 1.29 is 14.3 Å². The molecular formula is C11H20N2O3S. The van der Waals surface area contributed by atoms with Crippen LogP contribution in [0.25, 0.3) is 0 Å². The smallest absolute Gasteiger partial charge is 0.328 e. The summed E-state index contributed by atoms with van der Waals surface area (Å²) in [5, 5.41) is 0. The Hall–Kier alpha value is -1.17. The average Bonchev–Trinajstić information content (AvgIpc) is 2.21. The number of hydrogen-bond donors (Lipinski definition) is 1. The van der Waals surface area contributed by atoms with Gasteiger partial charge in [-0.25, -0.2) is 4.79 Å². The van der Waals surface area contributed by atoms with Crippen LogP contribution in [0.2, 0.25) is 0 Å². The van der Waals surface area contributed by atoms with Crippen LogP contribution in [0.3, 0.4) is 0 Å². The highest BCUT2D eigenvalue weighted by atomic mass is 32.1. The number of hydrogen-bond acceptors (Lipinski definition) is 4. The first-order chi connectivity index (χ1) is 7.79. The van der Waals surface area contributed by atoms with Crippen molar-refractivity contribution in [2.24, 2.45) is 11.7 Å². The molecule has 0 heterocycles. The van der Waals surface area contributed by atoms with E-state index in [4.69, 9.17) is 22.7 Å². The Morgan fingerprint density at radius 1 is 1.41 bits per heavy atom. The molecule has 0 rings (SSSR count). The van der Waals surface area contributed by atoms with Gasteiger partial charge in [0.15, 0.2) is 0 Å². The van der Waals surface area contributed by atoms with Gasteiger partial charge in [0.2, 0.25) is 5.91 Å². The number of esters is 1. The zero-order valence-electron chi connectivity index (χ0n) is 10.7. The van der Waals surface area contributed by atoms with E-state index in [1.165, 1.54) is 18.9 Å². The van der Waals surface area contributed by atoms with E-state index in [0.29, 0.717) is 6.42 Å². The largest absolute Gasteiger partial charge is 0.467 e. The van der Waals surface area contributed by atoms with Crippen LogP contribution in [0.4, 0.5) is 0 Å². The van der Waals surface area contributed by atoms with Crippen molar-refractivity contribution in [3.05, 3.63) is 0 Å². The van der Waals surface area contributed by atoms with E-state index in [1.807, 2.05) is 13.8 Å². The Labute approximate surface area is 107 Å². The van der Waals surface area contributed by atoms with Crippen molar-refractivity contribution in [3.8, 4) is 0 Å². The van der Waals surface area contributed by atoms with Crippen molar-refractivity contribution >= 4 is 29.1 Å². The maximum Gasteiger partial charge on any atom is 0.328 e. The molecule has 98 valence electrons. The number of nitrogens with zero attached hydrogens (tertiary/aromatic N) is 1. The molecular weight excluding hydrogens is 240 g/mol. The number of rotatable bonds is 6. The SMILES string of the molecule is COC(=O)[C@H](CC(C)C)N(CC(N)=S)C(C)=O. The number of carbonyl (C=O) groups is 2. The number of nitrogens with two attached hydrogens (primary N) is 1. The fourth-order valence-electron chi connectivity index (χ4n) is 1.54. The zero-order valence-corrected chi connectivity index (χ0v) is 11.5. The van der Waals surface area contributed by atoms with E-state index in [1.54, 1.807) is 0 Å². The van der Waals surface area contributed by atoms with Crippen LogP contribution in [0.15, 0.2) is 0 Å². The van der Waals surface area contributed by atoms with Crippen molar-refractivity contribution in [1.82, 2.24) is 4.90 Å². The lowest BCUT2D eigenvalue weighted by atomic mass is 10.0. The number of ether oxygens (including phenoxy) is 1. The molecule has 6 heteroatoms. The van der Waals surface area contributed by atoms with Gasteiger partial charge in [-0.15, -0.1) is 0 Å². The van der Waals surface area contributed by atoms with Crippen LogP contribution in [-0.2, 0) is 14.3 Å². The van der Waals surface area contributed by atoms with Crippen LogP contribution in [0, 0.1) is 5.92 Å². The van der Waals surface area contributed by atoms with E-state index in [-0.39, 0.29) is 23.4 Å². The molecule has 0 aromatic rings. The van der Waals surface area contributed by atoms with Gasteiger partial charge >= 0.3 is 5.97 Å². The number of carbonyl (C=O) groups excluding carboxylic acids is 2. The third kappa shape index (κ3) is 5.63. The van der Waals surface area contributed by atoms with Gasteiger partial charge in [0.25, 0.3) is 0 Å². The highest BCUT2D eigenvalue weighted by molar-refractivity contribution is 7.80. The zero-order chi connectivity index (χ0) is 13.6. The molecule has 0 aliphatic carbocycles. The topological polar surface area (TPSA) is 72.6 Å².